The molecule has 0 aliphatic carbocycles. The van der Waals surface area contributed by atoms with Crippen LogP contribution in [0.25, 0.3) is 11.0 Å². The average Bonchev–Trinajstić information content (AvgIpc) is 2.66. The fourth-order valence-corrected chi connectivity index (χ4v) is 1.88. The summed E-state index contributed by atoms with van der Waals surface area (Å²) < 4.78 is 2.28. The summed E-state index contributed by atoms with van der Waals surface area (Å²) in [5.74, 6) is 1.10. The van der Waals surface area contributed by atoms with Gasteiger partial charge in [-0.1, -0.05) is 13.8 Å². The van der Waals surface area contributed by atoms with Crippen LogP contribution in [0.4, 0.5) is 0 Å². The summed E-state index contributed by atoms with van der Waals surface area (Å²) in [5.41, 5.74) is 2.17. The molecular formula is C12H18N4. The number of hydrogen-bond acceptors (Lipinski definition) is 3. The number of aryl methyl sites for hydroxylation is 1. The van der Waals surface area contributed by atoms with Crippen LogP contribution in [0, 0.1) is 0 Å². The number of nitrogens with zero attached hydrogens (tertiary/aromatic N) is 3. The Bertz CT molecular complexity index is 461. The molecule has 4 nitrogen and oxygen atoms in total. The Balaban J connectivity index is 2.41. The lowest BCUT2D eigenvalue weighted by Gasteiger charge is -2.07. The Kier molecular flexibility index (Phi) is 3.51. The van der Waals surface area contributed by atoms with Crippen molar-refractivity contribution in [2.45, 2.75) is 33.4 Å². The molecule has 0 aromatic carbocycles. The van der Waals surface area contributed by atoms with Gasteiger partial charge < -0.3 is 9.88 Å². The molecule has 0 aliphatic heterocycles. The highest BCUT2D eigenvalue weighted by atomic mass is 15.1. The number of fused-ring (bicyclic) bond motifs is 1. The van der Waals surface area contributed by atoms with Gasteiger partial charge in [-0.3, -0.25) is 4.98 Å². The lowest BCUT2D eigenvalue weighted by molar-refractivity contribution is 0.610. The molecule has 2 aromatic rings. The SMILES string of the molecule is CCCn1c(CNCC)nc2cnccc21. The van der Waals surface area contributed by atoms with Crippen LogP contribution >= 0.6 is 0 Å². The van der Waals surface area contributed by atoms with E-state index in [0.29, 0.717) is 0 Å². The third-order valence-electron chi connectivity index (χ3n) is 2.61. The molecule has 1 N–H and O–H groups in total. The molecule has 0 amide bonds. The predicted octanol–water partition coefficient (Wildman–Crippen LogP) is 1.95. The second-order valence-corrected chi connectivity index (χ2v) is 3.82. The predicted molar refractivity (Wildman–Crippen MR) is 65.2 cm³/mol. The summed E-state index contributed by atoms with van der Waals surface area (Å²) >= 11 is 0. The molecule has 0 radical (unpaired) electrons. The standard InChI is InChI=1S/C12H18N4/c1-3-7-16-11-5-6-14-8-10(11)15-12(16)9-13-4-2/h5-6,8,13H,3-4,7,9H2,1-2H3. The highest BCUT2D eigenvalue weighted by Crippen LogP contribution is 2.15. The molecule has 4 heteroatoms. The fraction of sp³-hybridized carbons (Fsp3) is 0.500. The third kappa shape index (κ3) is 2.07. The lowest BCUT2D eigenvalue weighted by Crippen LogP contribution is -2.16. The van der Waals surface area contributed by atoms with Crippen LogP contribution in [-0.2, 0) is 13.1 Å². The van der Waals surface area contributed by atoms with E-state index in [-0.39, 0.29) is 0 Å². The van der Waals surface area contributed by atoms with Crippen LogP contribution < -0.4 is 5.32 Å². The van der Waals surface area contributed by atoms with E-state index in [1.807, 2.05) is 18.5 Å². The smallest absolute Gasteiger partial charge is 0.123 e. The molecule has 2 heterocycles. The summed E-state index contributed by atoms with van der Waals surface area (Å²) in [6, 6.07) is 2.04. The maximum Gasteiger partial charge on any atom is 0.123 e. The largest absolute Gasteiger partial charge is 0.327 e. The molecule has 0 aliphatic rings. The molecule has 0 atom stereocenters. The monoisotopic (exact) mass is 218 g/mol. The molecule has 0 saturated heterocycles. The zero-order valence-electron chi connectivity index (χ0n) is 9.90. The number of pyridine rings is 1. The number of hydrogen-bond donors (Lipinski definition) is 1. The molecule has 0 saturated carbocycles. The van der Waals surface area contributed by atoms with Crippen LogP contribution in [0.5, 0.6) is 0 Å². The Labute approximate surface area is 95.7 Å². The van der Waals surface area contributed by atoms with Crippen LogP contribution in [0.15, 0.2) is 18.5 Å². The van der Waals surface area contributed by atoms with Gasteiger partial charge in [0.05, 0.1) is 18.3 Å². The minimum absolute atomic E-state index is 0.825. The molecular weight excluding hydrogens is 200 g/mol. The first-order valence-corrected chi connectivity index (χ1v) is 5.86. The van der Waals surface area contributed by atoms with Crippen molar-refractivity contribution in [2.75, 3.05) is 6.54 Å². The Morgan fingerprint density at radius 2 is 2.25 bits per heavy atom. The molecule has 0 spiro atoms. The lowest BCUT2D eigenvalue weighted by atomic mass is 10.4. The van der Waals surface area contributed by atoms with E-state index in [1.54, 1.807) is 0 Å². The van der Waals surface area contributed by atoms with Gasteiger partial charge >= 0.3 is 0 Å². The Morgan fingerprint density at radius 3 is 3.00 bits per heavy atom. The first-order valence-electron chi connectivity index (χ1n) is 5.86. The number of nitrogens with one attached hydrogen (secondary N) is 1. The molecule has 86 valence electrons. The molecule has 16 heavy (non-hydrogen) atoms. The van der Waals surface area contributed by atoms with E-state index in [2.05, 4.69) is 33.7 Å². The highest BCUT2D eigenvalue weighted by Gasteiger charge is 2.08. The van der Waals surface area contributed by atoms with Gasteiger partial charge in [0.25, 0.3) is 0 Å². The molecule has 0 bridgehead atoms. The molecule has 2 aromatic heterocycles. The van der Waals surface area contributed by atoms with E-state index in [1.165, 1.54) is 5.52 Å². The quantitative estimate of drug-likeness (QED) is 0.834. The van der Waals surface area contributed by atoms with E-state index < -0.39 is 0 Å². The van der Waals surface area contributed by atoms with Gasteiger partial charge in [0.2, 0.25) is 0 Å². The maximum atomic E-state index is 4.61. The van der Waals surface area contributed by atoms with Crippen LogP contribution in [0.1, 0.15) is 26.1 Å². The van der Waals surface area contributed by atoms with Crippen molar-refractivity contribution < 1.29 is 0 Å². The molecule has 2 rings (SSSR count). The van der Waals surface area contributed by atoms with Gasteiger partial charge in [0.15, 0.2) is 0 Å². The second-order valence-electron chi connectivity index (χ2n) is 3.82. The van der Waals surface area contributed by atoms with Crippen LogP contribution in [-0.4, -0.2) is 21.1 Å². The number of imidazole rings is 1. The summed E-state index contributed by atoms with van der Waals surface area (Å²) in [5, 5.41) is 3.32. The van der Waals surface area contributed by atoms with Crippen molar-refractivity contribution in [2.24, 2.45) is 0 Å². The third-order valence-corrected chi connectivity index (χ3v) is 2.61. The second kappa shape index (κ2) is 5.07. The zero-order valence-corrected chi connectivity index (χ0v) is 9.90. The van der Waals surface area contributed by atoms with Gasteiger partial charge in [0, 0.05) is 12.7 Å². The van der Waals surface area contributed by atoms with E-state index in [0.717, 1.165) is 37.4 Å². The van der Waals surface area contributed by atoms with E-state index in [9.17, 15) is 0 Å². The average molecular weight is 218 g/mol. The summed E-state index contributed by atoms with van der Waals surface area (Å²) in [6.07, 6.45) is 4.77. The van der Waals surface area contributed by atoms with Crippen molar-refractivity contribution >= 4 is 11.0 Å². The van der Waals surface area contributed by atoms with Crippen molar-refractivity contribution in [1.29, 1.82) is 0 Å². The number of rotatable bonds is 5. The van der Waals surface area contributed by atoms with Gasteiger partial charge in [0.1, 0.15) is 11.3 Å². The Morgan fingerprint density at radius 1 is 1.38 bits per heavy atom. The summed E-state index contributed by atoms with van der Waals surface area (Å²) in [6.45, 7) is 7.10. The number of aromatic nitrogens is 3. The van der Waals surface area contributed by atoms with Crippen molar-refractivity contribution in [3.05, 3.63) is 24.3 Å². The van der Waals surface area contributed by atoms with Crippen molar-refractivity contribution in [3.8, 4) is 0 Å². The van der Waals surface area contributed by atoms with Crippen molar-refractivity contribution in [1.82, 2.24) is 19.9 Å². The first kappa shape index (κ1) is 11.1. The summed E-state index contributed by atoms with van der Waals surface area (Å²) in [7, 11) is 0. The fourth-order valence-electron chi connectivity index (χ4n) is 1.88. The first-order chi connectivity index (χ1) is 7.86. The van der Waals surface area contributed by atoms with Gasteiger partial charge in [-0.15, -0.1) is 0 Å². The van der Waals surface area contributed by atoms with Crippen molar-refractivity contribution in [3.63, 3.8) is 0 Å². The normalized spacial score (nSPS) is 11.1. The van der Waals surface area contributed by atoms with Gasteiger partial charge in [-0.05, 0) is 19.0 Å². The topological polar surface area (TPSA) is 42.7 Å². The highest BCUT2D eigenvalue weighted by molar-refractivity contribution is 5.74. The van der Waals surface area contributed by atoms with Crippen LogP contribution in [0.3, 0.4) is 0 Å². The zero-order chi connectivity index (χ0) is 11.4. The minimum Gasteiger partial charge on any atom is -0.327 e. The molecule has 0 unspecified atom stereocenters. The molecule has 0 fully saturated rings. The van der Waals surface area contributed by atoms with Gasteiger partial charge in [-0.2, -0.15) is 0 Å². The van der Waals surface area contributed by atoms with Gasteiger partial charge in [-0.25, -0.2) is 4.98 Å². The van der Waals surface area contributed by atoms with E-state index in [4.69, 9.17) is 0 Å². The van der Waals surface area contributed by atoms with E-state index >= 15 is 0 Å². The maximum absolute atomic E-state index is 4.61. The minimum atomic E-state index is 0.825. The Hall–Kier alpha value is -1.42. The van der Waals surface area contributed by atoms with Crippen LogP contribution in [0.2, 0.25) is 0 Å². The summed E-state index contributed by atoms with van der Waals surface area (Å²) in [4.78, 5) is 8.72.